The number of nitrogens with one attached hydrogen (secondary N) is 1. The summed E-state index contributed by atoms with van der Waals surface area (Å²) in [6.45, 7) is 0.269. The van der Waals surface area contributed by atoms with E-state index in [0.29, 0.717) is 11.2 Å². The van der Waals surface area contributed by atoms with Gasteiger partial charge in [0.25, 0.3) is 0 Å². The first-order valence-electron chi connectivity index (χ1n) is 4.57. The van der Waals surface area contributed by atoms with Gasteiger partial charge in [-0.3, -0.25) is 9.38 Å². The molecule has 0 aromatic carbocycles. The molecule has 0 bridgehead atoms. The number of halogens is 3. The van der Waals surface area contributed by atoms with Crippen LogP contribution in [0.1, 0.15) is 11.5 Å². The number of fused-ring (bicyclic) bond motifs is 1. The van der Waals surface area contributed by atoms with Crippen LogP contribution in [-0.2, 0) is 12.7 Å². The molecule has 0 unspecified atom stereocenters. The molecule has 2 aromatic rings. The van der Waals surface area contributed by atoms with Gasteiger partial charge in [0.2, 0.25) is 5.82 Å². The van der Waals surface area contributed by atoms with Gasteiger partial charge in [-0.15, -0.1) is 0 Å². The monoisotopic (exact) mass is 230 g/mol. The van der Waals surface area contributed by atoms with Crippen molar-refractivity contribution in [2.75, 3.05) is 7.05 Å². The second-order valence-electron chi connectivity index (χ2n) is 3.24. The van der Waals surface area contributed by atoms with Crippen molar-refractivity contribution >= 4 is 5.52 Å². The van der Waals surface area contributed by atoms with Crippen molar-refractivity contribution in [2.24, 2.45) is 0 Å². The lowest BCUT2D eigenvalue weighted by Gasteiger charge is -2.03. The molecule has 0 aliphatic heterocycles. The van der Waals surface area contributed by atoms with Crippen molar-refractivity contribution in [1.29, 1.82) is 0 Å². The van der Waals surface area contributed by atoms with Crippen LogP contribution in [0.15, 0.2) is 18.6 Å². The molecule has 0 radical (unpaired) electrons. The maximum absolute atomic E-state index is 12.6. The van der Waals surface area contributed by atoms with Gasteiger partial charge in [0.15, 0.2) is 0 Å². The Bertz CT molecular complexity index is 503. The highest BCUT2D eigenvalue weighted by atomic mass is 19.4. The van der Waals surface area contributed by atoms with Crippen molar-refractivity contribution in [3.8, 4) is 0 Å². The van der Waals surface area contributed by atoms with Gasteiger partial charge in [0.05, 0.1) is 17.4 Å². The van der Waals surface area contributed by atoms with E-state index in [1.807, 2.05) is 0 Å². The molecule has 2 aromatic heterocycles. The lowest BCUT2D eigenvalue weighted by atomic mass is 10.4. The van der Waals surface area contributed by atoms with Gasteiger partial charge in [0, 0.05) is 18.9 Å². The molecule has 0 amide bonds. The average Bonchev–Trinajstić information content (AvgIpc) is 2.58. The van der Waals surface area contributed by atoms with E-state index in [9.17, 15) is 13.2 Å². The smallest absolute Gasteiger partial charge is 0.314 e. The van der Waals surface area contributed by atoms with E-state index in [2.05, 4.69) is 15.3 Å². The number of hydrogen-bond acceptors (Lipinski definition) is 3. The molecule has 7 heteroatoms. The molecule has 0 saturated carbocycles. The Balaban J connectivity index is 2.67. The summed E-state index contributed by atoms with van der Waals surface area (Å²) in [5, 5.41) is 2.77. The minimum absolute atomic E-state index is 0.269. The molecule has 2 heterocycles. The summed E-state index contributed by atoms with van der Waals surface area (Å²) >= 11 is 0. The molecule has 0 spiro atoms. The number of rotatable bonds is 2. The first-order valence-corrected chi connectivity index (χ1v) is 4.57. The van der Waals surface area contributed by atoms with Gasteiger partial charge in [-0.25, -0.2) is 4.98 Å². The highest BCUT2D eigenvalue weighted by Gasteiger charge is 2.36. The minimum atomic E-state index is -4.46. The molecule has 0 aliphatic carbocycles. The molecule has 1 N–H and O–H groups in total. The van der Waals surface area contributed by atoms with Gasteiger partial charge in [-0.1, -0.05) is 0 Å². The molecular formula is C9H9F3N4. The van der Waals surface area contributed by atoms with Crippen LogP contribution in [0.4, 0.5) is 13.2 Å². The van der Waals surface area contributed by atoms with E-state index < -0.39 is 12.0 Å². The highest BCUT2D eigenvalue weighted by molar-refractivity contribution is 5.51. The van der Waals surface area contributed by atoms with Crippen LogP contribution in [0.5, 0.6) is 0 Å². The largest absolute Gasteiger partial charge is 0.450 e. The Labute approximate surface area is 89.1 Å². The van der Waals surface area contributed by atoms with E-state index in [1.165, 1.54) is 18.6 Å². The molecule has 0 saturated heterocycles. The lowest BCUT2D eigenvalue weighted by Crippen LogP contribution is -2.11. The zero-order chi connectivity index (χ0) is 11.8. The number of nitrogens with zero attached hydrogens (tertiary/aromatic N) is 3. The van der Waals surface area contributed by atoms with Crippen molar-refractivity contribution in [3.05, 3.63) is 30.1 Å². The average molecular weight is 230 g/mol. The summed E-state index contributed by atoms with van der Waals surface area (Å²) in [7, 11) is 1.65. The number of imidazole rings is 1. The topological polar surface area (TPSA) is 42.2 Å². The quantitative estimate of drug-likeness (QED) is 0.849. The summed E-state index contributed by atoms with van der Waals surface area (Å²) in [5.74, 6) is -0.921. The van der Waals surface area contributed by atoms with Crippen LogP contribution in [0.3, 0.4) is 0 Å². The maximum Gasteiger partial charge on any atom is 0.450 e. The molecule has 2 rings (SSSR count). The van der Waals surface area contributed by atoms with Gasteiger partial charge >= 0.3 is 6.18 Å². The fraction of sp³-hybridized carbons (Fsp3) is 0.333. The van der Waals surface area contributed by atoms with Crippen molar-refractivity contribution < 1.29 is 13.2 Å². The predicted molar refractivity (Wildman–Crippen MR) is 50.8 cm³/mol. The highest BCUT2D eigenvalue weighted by Crippen LogP contribution is 2.29. The van der Waals surface area contributed by atoms with Crippen molar-refractivity contribution in [1.82, 2.24) is 19.7 Å². The van der Waals surface area contributed by atoms with E-state index in [1.54, 1.807) is 7.05 Å². The standard InChI is InChI=1S/C9H9F3N4/c1-13-4-6-7-5-14-2-3-16(7)8(15-6)9(10,11)12/h2-3,5,13H,4H2,1H3. The van der Waals surface area contributed by atoms with Crippen LogP contribution in [-0.4, -0.2) is 21.4 Å². The number of aromatic nitrogens is 3. The van der Waals surface area contributed by atoms with E-state index in [-0.39, 0.29) is 6.54 Å². The minimum Gasteiger partial charge on any atom is -0.314 e. The predicted octanol–water partition coefficient (Wildman–Crippen LogP) is 1.47. The lowest BCUT2D eigenvalue weighted by molar-refractivity contribution is -0.145. The second kappa shape index (κ2) is 3.75. The Morgan fingerprint density at radius 3 is 2.81 bits per heavy atom. The molecule has 4 nitrogen and oxygen atoms in total. The first-order chi connectivity index (χ1) is 7.54. The Morgan fingerprint density at radius 1 is 1.44 bits per heavy atom. The fourth-order valence-electron chi connectivity index (χ4n) is 1.50. The third-order valence-electron chi connectivity index (χ3n) is 2.12. The SMILES string of the molecule is CNCc1nc(C(F)(F)F)n2ccncc12. The summed E-state index contributed by atoms with van der Waals surface area (Å²) in [6, 6.07) is 0. The Morgan fingerprint density at radius 2 is 2.19 bits per heavy atom. The van der Waals surface area contributed by atoms with Gasteiger partial charge < -0.3 is 5.32 Å². The van der Waals surface area contributed by atoms with Crippen molar-refractivity contribution in [3.63, 3.8) is 0 Å². The fourth-order valence-corrected chi connectivity index (χ4v) is 1.50. The molecule has 0 fully saturated rings. The molecule has 0 atom stereocenters. The van der Waals surface area contributed by atoms with Crippen LogP contribution in [0, 0.1) is 0 Å². The van der Waals surface area contributed by atoms with Crippen LogP contribution >= 0.6 is 0 Å². The third-order valence-corrected chi connectivity index (χ3v) is 2.12. The molecule has 86 valence electrons. The second-order valence-corrected chi connectivity index (χ2v) is 3.24. The van der Waals surface area contributed by atoms with E-state index in [0.717, 1.165) is 4.40 Å². The normalized spacial score (nSPS) is 12.2. The zero-order valence-corrected chi connectivity index (χ0v) is 8.41. The summed E-state index contributed by atoms with van der Waals surface area (Å²) in [5.41, 5.74) is 0.701. The van der Waals surface area contributed by atoms with E-state index in [4.69, 9.17) is 0 Å². The van der Waals surface area contributed by atoms with E-state index >= 15 is 0 Å². The van der Waals surface area contributed by atoms with Gasteiger partial charge in [-0.05, 0) is 7.05 Å². The van der Waals surface area contributed by atoms with Crippen LogP contribution in [0.2, 0.25) is 0 Å². The number of hydrogen-bond donors (Lipinski definition) is 1. The molecular weight excluding hydrogens is 221 g/mol. The first kappa shape index (κ1) is 10.9. The summed E-state index contributed by atoms with van der Waals surface area (Å²) < 4.78 is 38.9. The van der Waals surface area contributed by atoms with Gasteiger partial charge in [-0.2, -0.15) is 13.2 Å². The number of alkyl halides is 3. The zero-order valence-electron chi connectivity index (χ0n) is 8.41. The summed E-state index contributed by atoms with van der Waals surface area (Å²) in [6.07, 6.45) is -0.539. The summed E-state index contributed by atoms with van der Waals surface area (Å²) in [4.78, 5) is 7.38. The van der Waals surface area contributed by atoms with Crippen LogP contribution in [0.25, 0.3) is 5.52 Å². The molecule has 0 aliphatic rings. The molecule has 16 heavy (non-hydrogen) atoms. The third kappa shape index (κ3) is 1.73. The maximum atomic E-state index is 12.6. The van der Waals surface area contributed by atoms with Gasteiger partial charge in [0.1, 0.15) is 0 Å². The van der Waals surface area contributed by atoms with Crippen molar-refractivity contribution in [2.45, 2.75) is 12.7 Å². The van der Waals surface area contributed by atoms with Crippen LogP contribution < -0.4 is 5.32 Å². The Kier molecular flexibility index (Phi) is 2.55. The Hall–Kier alpha value is -1.63.